The van der Waals surface area contributed by atoms with E-state index in [2.05, 4.69) is 15.8 Å². The van der Waals surface area contributed by atoms with Gasteiger partial charge in [0.2, 0.25) is 5.75 Å². The molecule has 2 N–H and O–H groups in total. The van der Waals surface area contributed by atoms with Gasteiger partial charge in [0, 0.05) is 16.1 Å². The van der Waals surface area contributed by atoms with Crippen LogP contribution in [0.5, 0.6) is 17.2 Å². The number of hydrogen-bond donors (Lipinski definition) is 2. The first-order valence-electron chi connectivity index (χ1n) is 9.50. The quantitative estimate of drug-likeness (QED) is 0.454. The summed E-state index contributed by atoms with van der Waals surface area (Å²) < 4.78 is 15.9. The first-order valence-corrected chi connectivity index (χ1v) is 9.87. The molecule has 0 fully saturated rings. The van der Waals surface area contributed by atoms with Gasteiger partial charge >= 0.3 is 0 Å². The van der Waals surface area contributed by atoms with E-state index >= 15 is 0 Å². The molecule has 166 valence electrons. The smallest absolute Gasteiger partial charge is 0.262 e. The van der Waals surface area contributed by atoms with E-state index in [1.807, 2.05) is 13.8 Å². The minimum atomic E-state index is -0.778. The number of benzene rings is 2. The van der Waals surface area contributed by atoms with E-state index in [1.165, 1.54) is 27.5 Å². The fourth-order valence-corrected chi connectivity index (χ4v) is 2.90. The van der Waals surface area contributed by atoms with Gasteiger partial charge in [-0.25, -0.2) is 5.43 Å². The minimum Gasteiger partial charge on any atom is -0.493 e. The number of methoxy groups -OCH3 is 3. The molecule has 0 saturated carbocycles. The average Bonchev–Trinajstić information content (AvgIpc) is 2.76. The molecule has 0 heterocycles. The molecule has 0 aromatic heterocycles. The van der Waals surface area contributed by atoms with Gasteiger partial charge in [0.1, 0.15) is 6.04 Å². The van der Waals surface area contributed by atoms with E-state index in [4.69, 9.17) is 25.8 Å². The predicted octanol–water partition coefficient (Wildman–Crippen LogP) is 3.27. The number of nitrogens with zero attached hydrogens (tertiary/aromatic N) is 1. The van der Waals surface area contributed by atoms with Gasteiger partial charge in [-0.15, -0.1) is 0 Å². The molecular formula is C22H26ClN3O5. The second kappa shape index (κ2) is 11.2. The Kier molecular flexibility index (Phi) is 8.69. The van der Waals surface area contributed by atoms with Crippen LogP contribution >= 0.6 is 11.6 Å². The highest BCUT2D eigenvalue weighted by molar-refractivity contribution is 6.30. The van der Waals surface area contributed by atoms with Gasteiger partial charge in [0.05, 0.1) is 27.5 Å². The number of carbonyl (C=O) groups excluding carboxylic acids is 2. The Bertz CT molecular complexity index is 920. The summed E-state index contributed by atoms with van der Waals surface area (Å²) in [6.45, 7) is 3.66. The highest BCUT2D eigenvalue weighted by Gasteiger charge is 2.24. The Morgan fingerprint density at radius 2 is 1.58 bits per heavy atom. The zero-order valence-electron chi connectivity index (χ0n) is 18.1. The van der Waals surface area contributed by atoms with Crippen molar-refractivity contribution in [1.29, 1.82) is 0 Å². The van der Waals surface area contributed by atoms with E-state index in [0.29, 0.717) is 33.4 Å². The third kappa shape index (κ3) is 6.36. The minimum absolute atomic E-state index is 0.160. The molecule has 2 aromatic rings. The lowest BCUT2D eigenvalue weighted by atomic mass is 10.0. The van der Waals surface area contributed by atoms with Crippen molar-refractivity contribution in [3.63, 3.8) is 0 Å². The van der Waals surface area contributed by atoms with Gasteiger partial charge in [-0.2, -0.15) is 5.10 Å². The normalized spacial score (nSPS) is 11.8. The van der Waals surface area contributed by atoms with E-state index < -0.39 is 11.9 Å². The third-order valence-corrected chi connectivity index (χ3v) is 4.67. The van der Waals surface area contributed by atoms with Gasteiger partial charge in [-0.1, -0.05) is 25.4 Å². The molecular weight excluding hydrogens is 422 g/mol. The molecule has 2 rings (SSSR count). The molecule has 0 aliphatic carbocycles. The summed E-state index contributed by atoms with van der Waals surface area (Å²) in [6.07, 6.45) is 1.45. The number of rotatable bonds is 9. The van der Waals surface area contributed by atoms with E-state index in [9.17, 15) is 9.59 Å². The predicted molar refractivity (Wildman–Crippen MR) is 119 cm³/mol. The SMILES string of the molecule is COc1cc(C=NNC(=O)C(NC(=O)c2ccc(Cl)cc2)C(C)C)cc(OC)c1OC. The van der Waals surface area contributed by atoms with Crippen molar-refractivity contribution in [3.8, 4) is 17.2 Å². The molecule has 2 aromatic carbocycles. The summed E-state index contributed by atoms with van der Waals surface area (Å²) in [7, 11) is 4.53. The summed E-state index contributed by atoms with van der Waals surface area (Å²) in [5.41, 5.74) is 3.50. The van der Waals surface area contributed by atoms with Crippen LogP contribution in [-0.2, 0) is 4.79 Å². The van der Waals surface area contributed by atoms with Crippen LogP contribution in [0.15, 0.2) is 41.5 Å². The summed E-state index contributed by atoms with van der Waals surface area (Å²) in [5, 5.41) is 7.25. The topological polar surface area (TPSA) is 98.2 Å². The van der Waals surface area contributed by atoms with Crippen molar-refractivity contribution in [2.75, 3.05) is 21.3 Å². The number of halogens is 1. The van der Waals surface area contributed by atoms with Crippen LogP contribution in [0.2, 0.25) is 5.02 Å². The lowest BCUT2D eigenvalue weighted by Crippen LogP contribution is -2.48. The van der Waals surface area contributed by atoms with Gasteiger partial charge in [0.25, 0.3) is 11.8 Å². The van der Waals surface area contributed by atoms with Crippen LogP contribution in [0.4, 0.5) is 0 Å². The highest BCUT2D eigenvalue weighted by Crippen LogP contribution is 2.37. The van der Waals surface area contributed by atoms with Gasteiger partial charge in [-0.3, -0.25) is 9.59 Å². The zero-order chi connectivity index (χ0) is 23.0. The van der Waals surface area contributed by atoms with Crippen molar-refractivity contribution < 1.29 is 23.8 Å². The second-order valence-corrected chi connectivity index (χ2v) is 7.33. The molecule has 0 bridgehead atoms. The van der Waals surface area contributed by atoms with E-state index in [1.54, 1.807) is 36.4 Å². The Hall–Kier alpha value is -3.26. The first-order chi connectivity index (χ1) is 14.8. The lowest BCUT2D eigenvalue weighted by Gasteiger charge is -2.20. The van der Waals surface area contributed by atoms with Crippen molar-refractivity contribution in [1.82, 2.24) is 10.7 Å². The highest BCUT2D eigenvalue weighted by atomic mass is 35.5. The fourth-order valence-electron chi connectivity index (χ4n) is 2.78. The van der Waals surface area contributed by atoms with Gasteiger partial charge in [-0.05, 0) is 42.3 Å². The number of nitrogens with one attached hydrogen (secondary N) is 2. The average molecular weight is 448 g/mol. The monoisotopic (exact) mass is 447 g/mol. The van der Waals surface area contributed by atoms with E-state index in [0.717, 1.165) is 0 Å². The lowest BCUT2D eigenvalue weighted by molar-refractivity contribution is -0.123. The van der Waals surface area contributed by atoms with Gasteiger partial charge < -0.3 is 19.5 Å². The maximum atomic E-state index is 12.6. The molecule has 8 nitrogen and oxygen atoms in total. The number of amides is 2. The number of carbonyl (C=O) groups is 2. The Morgan fingerprint density at radius 3 is 2.06 bits per heavy atom. The molecule has 0 spiro atoms. The molecule has 0 aliphatic heterocycles. The summed E-state index contributed by atoms with van der Waals surface area (Å²) in [5.74, 6) is 0.401. The third-order valence-electron chi connectivity index (χ3n) is 4.42. The molecule has 2 amide bonds. The fraction of sp³-hybridized carbons (Fsp3) is 0.318. The summed E-state index contributed by atoms with van der Waals surface area (Å²) >= 11 is 5.85. The summed E-state index contributed by atoms with van der Waals surface area (Å²) in [6, 6.07) is 9.02. The Labute approximate surface area is 186 Å². The van der Waals surface area contributed by atoms with Crippen LogP contribution in [0, 0.1) is 5.92 Å². The van der Waals surface area contributed by atoms with Crippen LogP contribution in [-0.4, -0.2) is 45.4 Å². The molecule has 9 heteroatoms. The molecule has 0 radical (unpaired) electrons. The standard InChI is InChI=1S/C22H26ClN3O5/c1-13(2)19(25-21(27)15-6-8-16(23)9-7-15)22(28)26-24-12-14-10-17(29-3)20(31-5)18(11-14)30-4/h6-13,19H,1-5H3,(H,25,27)(H,26,28). The van der Waals surface area contributed by atoms with Crippen molar-refractivity contribution in [3.05, 3.63) is 52.5 Å². The van der Waals surface area contributed by atoms with Crippen LogP contribution < -0.4 is 25.0 Å². The Balaban J connectivity index is 2.10. The molecule has 0 aliphatic rings. The first kappa shape index (κ1) is 24.0. The van der Waals surface area contributed by atoms with E-state index in [-0.39, 0.29) is 11.8 Å². The number of ether oxygens (including phenoxy) is 3. The molecule has 1 atom stereocenters. The summed E-state index contributed by atoms with van der Waals surface area (Å²) in [4.78, 5) is 25.1. The number of hydrogen-bond acceptors (Lipinski definition) is 6. The maximum absolute atomic E-state index is 12.6. The largest absolute Gasteiger partial charge is 0.493 e. The van der Waals surface area contributed by atoms with Crippen molar-refractivity contribution >= 4 is 29.6 Å². The second-order valence-electron chi connectivity index (χ2n) is 6.89. The van der Waals surface area contributed by atoms with Crippen molar-refractivity contribution in [2.24, 2.45) is 11.0 Å². The zero-order valence-corrected chi connectivity index (χ0v) is 18.8. The molecule has 31 heavy (non-hydrogen) atoms. The maximum Gasteiger partial charge on any atom is 0.262 e. The molecule has 0 saturated heterocycles. The van der Waals surface area contributed by atoms with Crippen LogP contribution in [0.1, 0.15) is 29.8 Å². The number of hydrazone groups is 1. The van der Waals surface area contributed by atoms with Crippen molar-refractivity contribution in [2.45, 2.75) is 19.9 Å². The van der Waals surface area contributed by atoms with Crippen LogP contribution in [0.3, 0.4) is 0 Å². The van der Waals surface area contributed by atoms with Crippen LogP contribution in [0.25, 0.3) is 0 Å². The Morgan fingerprint density at radius 1 is 1.00 bits per heavy atom. The molecule has 1 unspecified atom stereocenters. The van der Waals surface area contributed by atoms with Gasteiger partial charge in [0.15, 0.2) is 11.5 Å².